The predicted molar refractivity (Wildman–Crippen MR) is 120 cm³/mol. The fourth-order valence-corrected chi connectivity index (χ4v) is 3.33. The van der Waals surface area contributed by atoms with E-state index < -0.39 is 24.1 Å². The number of carbonyl (C=O) groups is 1. The smallest absolute Gasteiger partial charge is 0.302 e. The lowest BCUT2D eigenvalue weighted by Gasteiger charge is -2.35. The molecule has 6 heteroatoms. The Morgan fingerprint density at radius 3 is 2.20 bits per heavy atom. The van der Waals surface area contributed by atoms with E-state index in [0.717, 1.165) is 12.0 Å². The van der Waals surface area contributed by atoms with E-state index in [-0.39, 0.29) is 17.8 Å². The molecule has 5 unspecified atom stereocenters. The predicted octanol–water partition coefficient (Wildman–Crippen LogP) is 5.13. The summed E-state index contributed by atoms with van der Waals surface area (Å²) in [6.45, 7) is 20.5. The average Bonchev–Trinajstić information content (AvgIpc) is 2.68. The quantitative estimate of drug-likeness (QED) is 0.169. The van der Waals surface area contributed by atoms with Gasteiger partial charge in [0, 0.05) is 39.7 Å². The summed E-state index contributed by atoms with van der Waals surface area (Å²) in [5, 5.41) is 10.4. The van der Waals surface area contributed by atoms with Crippen molar-refractivity contribution in [3.63, 3.8) is 0 Å². The Kier molecular flexibility index (Phi) is 12.7. The van der Waals surface area contributed by atoms with Gasteiger partial charge in [-0.15, -0.1) is 0 Å². The summed E-state index contributed by atoms with van der Waals surface area (Å²) in [5.41, 5.74) is 0.809. The summed E-state index contributed by atoms with van der Waals surface area (Å²) in [4.78, 5) is 11.7. The molecule has 0 bridgehead atoms. The van der Waals surface area contributed by atoms with Crippen LogP contribution in [0.1, 0.15) is 67.7 Å². The van der Waals surface area contributed by atoms with Crippen LogP contribution < -0.4 is 0 Å². The minimum absolute atomic E-state index is 0.191. The molecule has 0 aliphatic heterocycles. The Labute approximate surface area is 182 Å². The van der Waals surface area contributed by atoms with Crippen LogP contribution in [0, 0.1) is 11.8 Å². The first-order chi connectivity index (χ1) is 13.9. The maximum atomic E-state index is 11.7. The van der Waals surface area contributed by atoms with E-state index in [1.807, 2.05) is 27.7 Å². The van der Waals surface area contributed by atoms with Gasteiger partial charge in [-0.25, -0.2) is 0 Å². The normalized spacial score (nSPS) is 17.0. The molecule has 0 radical (unpaired) electrons. The van der Waals surface area contributed by atoms with Gasteiger partial charge in [0.2, 0.25) is 5.79 Å². The van der Waals surface area contributed by atoms with Crippen LogP contribution in [-0.4, -0.2) is 42.3 Å². The fourth-order valence-electron chi connectivity index (χ4n) is 3.33. The number of hydrogen-bond donors (Lipinski definition) is 1. The van der Waals surface area contributed by atoms with Gasteiger partial charge in [-0.05, 0) is 30.9 Å². The van der Waals surface area contributed by atoms with Crippen LogP contribution in [0.25, 0.3) is 0 Å². The molecule has 0 saturated carbocycles. The molecule has 30 heavy (non-hydrogen) atoms. The molecule has 5 atom stereocenters. The molecule has 0 aliphatic carbocycles. The molecule has 0 saturated heterocycles. The molecule has 6 nitrogen and oxygen atoms in total. The van der Waals surface area contributed by atoms with E-state index >= 15 is 0 Å². The van der Waals surface area contributed by atoms with Crippen molar-refractivity contribution in [3.05, 3.63) is 36.8 Å². The lowest BCUT2D eigenvalue weighted by molar-refractivity contribution is -0.159. The number of hydrogen-bond acceptors (Lipinski definition) is 6. The first kappa shape index (κ1) is 28.2. The van der Waals surface area contributed by atoms with E-state index in [1.54, 1.807) is 27.0 Å². The standard InChI is InChI=1S/C24H42O6/c1-11-16(4)18(6)30-24(8,9)28-15-14-22(27-10)17(5)23(29-19(7)25)20(12-2)21(26)13-3/h14-15,17,20-23,26H,4,6,11-13H2,1-3,5,7-10H3. The average molecular weight is 427 g/mol. The van der Waals surface area contributed by atoms with Gasteiger partial charge in [0.05, 0.1) is 18.5 Å². The molecule has 0 heterocycles. The van der Waals surface area contributed by atoms with Crippen LogP contribution >= 0.6 is 0 Å². The molecule has 0 aliphatic rings. The lowest BCUT2D eigenvalue weighted by atomic mass is 9.82. The number of aliphatic hydroxyl groups excluding tert-OH is 1. The summed E-state index contributed by atoms with van der Waals surface area (Å²) in [6, 6.07) is 0. The van der Waals surface area contributed by atoms with Crippen LogP contribution in [0.4, 0.5) is 0 Å². The largest absolute Gasteiger partial charge is 0.462 e. The second-order valence-corrected chi connectivity index (χ2v) is 8.01. The Bertz CT molecular complexity index is 580. The van der Waals surface area contributed by atoms with Crippen LogP contribution in [0.5, 0.6) is 0 Å². The second kappa shape index (κ2) is 13.5. The minimum atomic E-state index is -0.938. The first-order valence-corrected chi connectivity index (χ1v) is 10.7. The highest BCUT2D eigenvalue weighted by Crippen LogP contribution is 2.29. The van der Waals surface area contributed by atoms with Gasteiger partial charge in [0.25, 0.3) is 0 Å². The molecule has 0 amide bonds. The van der Waals surface area contributed by atoms with Crippen LogP contribution in [0.2, 0.25) is 0 Å². The van der Waals surface area contributed by atoms with Crippen LogP contribution in [0.15, 0.2) is 36.8 Å². The van der Waals surface area contributed by atoms with Gasteiger partial charge in [0.15, 0.2) is 0 Å². The molecule has 0 aromatic carbocycles. The fraction of sp³-hybridized carbons (Fsp3) is 0.708. The number of esters is 1. The zero-order valence-electron chi connectivity index (χ0n) is 20.1. The zero-order chi connectivity index (χ0) is 23.5. The van der Waals surface area contributed by atoms with E-state index in [2.05, 4.69) is 13.2 Å². The molecular formula is C24H42O6. The van der Waals surface area contributed by atoms with Crippen molar-refractivity contribution in [1.82, 2.24) is 0 Å². The number of allylic oxidation sites excluding steroid dienone is 1. The maximum absolute atomic E-state index is 11.7. The number of ether oxygens (including phenoxy) is 4. The van der Waals surface area contributed by atoms with E-state index in [4.69, 9.17) is 18.9 Å². The first-order valence-electron chi connectivity index (χ1n) is 10.7. The number of methoxy groups -OCH3 is 1. The Hall–Kier alpha value is -1.79. The Morgan fingerprint density at radius 2 is 1.77 bits per heavy atom. The molecular weight excluding hydrogens is 384 g/mol. The van der Waals surface area contributed by atoms with Crippen molar-refractivity contribution in [1.29, 1.82) is 0 Å². The zero-order valence-corrected chi connectivity index (χ0v) is 20.1. The molecule has 174 valence electrons. The van der Waals surface area contributed by atoms with Crippen molar-refractivity contribution >= 4 is 5.97 Å². The summed E-state index contributed by atoms with van der Waals surface area (Å²) < 4.78 is 22.7. The summed E-state index contributed by atoms with van der Waals surface area (Å²) in [6.07, 6.45) is 3.84. The Balaban J connectivity index is 5.35. The molecule has 0 aromatic heterocycles. The number of aliphatic hydroxyl groups is 1. The molecule has 0 aromatic rings. The number of rotatable bonds is 15. The Morgan fingerprint density at radius 1 is 1.17 bits per heavy atom. The van der Waals surface area contributed by atoms with Crippen molar-refractivity contribution in [2.45, 2.75) is 91.8 Å². The van der Waals surface area contributed by atoms with E-state index in [9.17, 15) is 9.90 Å². The van der Waals surface area contributed by atoms with Gasteiger partial charge < -0.3 is 24.1 Å². The highest BCUT2D eigenvalue weighted by molar-refractivity contribution is 5.66. The van der Waals surface area contributed by atoms with Crippen molar-refractivity contribution in [2.24, 2.45) is 11.8 Å². The number of carbonyl (C=O) groups excluding carboxylic acids is 1. The minimum Gasteiger partial charge on any atom is -0.462 e. The monoisotopic (exact) mass is 426 g/mol. The van der Waals surface area contributed by atoms with Crippen LogP contribution in [0.3, 0.4) is 0 Å². The van der Waals surface area contributed by atoms with Gasteiger partial charge in [-0.1, -0.05) is 40.9 Å². The third kappa shape index (κ3) is 9.35. The van der Waals surface area contributed by atoms with Crippen molar-refractivity contribution in [3.8, 4) is 0 Å². The van der Waals surface area contributed by atoms with Crippen LogP contribution in [-0.2, 0) is 23.7 Å². The summed E-state index contributed by atoms with van der Waals surface area (Å²) in [7, 11) is 1.59. The van der Waals surface area contributed by atoms with Crippen molar-refractivity contribution in [2.75, 3.05) is 7.11 Å². The van der Waals surface area contributed by atoms with Gasteiger partial charge >= 0.3 is 5.97 Å². The third-order valence-electron chi connectivity index (χ3n) is 5.23. The topological polar surface area (TPSA) is 74.2 Å². The van der Waals surface area contributed by atoms with E-state index in [0.29, 0.717) is 18.6 Å². The van der Waals surface area contributed by atoms with Gasteiger partial charge in [0.1, 0.15) is 11.9 Å². The summed E-state index contributed by atoms with van der Waals surface area (Å²) in [5.74, 6) is -1.23. The highest BCUT2D eigenvalue weighted by atomic mass is 16.7. The molecule has 0 fully saturated rings. The maximum Gasteiger partial charge on any atom is 0.302 e. The molecule has 0 spiro atoms. The lowest BCUT2D eigenvalue weighted by Crippen LogP contribution is -2.43. The second-order valence-electron chi connectivity index (χ2n) is 8.01. The SMILES string of the molecule is C=C(CC)C(=C)OC(C)(C)OC=CC(OC)C(C)C(OC(C)=O)C(CC)C(O)CC. The summed E-state index contributed by atoms with van der Waals surface area (Å²) >= 11 is 0. The molecule has 1 N–H and O–H groups in total. The van der Waals surface area contributed by atoms with Crippen molar-refractivity contribution < 1.29 is 28.8 Å². The third-order valence-corrected chi connectivity index (χ3v) is 5.23. The molecule has 0 rings (SSSR count). The van der Waals surface area contributed by atoms with E-state index in [1.165, 1.54) is 13.2 Å². The highest BCUT2D eigenvalue weighted by Gasteiger charge is 2.36. The van der Waals surface area contributed by atoms with Gasteiger partial charge in [-0.2, -0.15) is 0 Å². The van der Waals surface area contributed by atoms with Gasteiger partial charge in [-0.3, -0.25) is 4.79 Å².